The van der Waals surface area contributed by atoms with Gasteiger partial charge in [0.1, 0.15) is 35.1 Å². The molecule has 0 spiro atoms. The summed E-state index contributed by atoms with van der Waals surface area (Å²) in [5.74, 6) is 2.77. The molecule has 230 valence electrons. The molecule has 3 aromatic heterocycles. The van der Waals surface area contributed by atoms with E-state index in [-0.39, 0.29) is 11.9 Å². The fourth-order valence-corrected chi connectivity index (χ4v) is 5.82. The second kappa shape index (κ2) is 14.9. The van der Waals surface area contributed by atoms with Crippen LogP contribution < -0.4 is 18.9 Å². The molecule has 0 amide bonds. The summed E-state index contributed by atoms with van der Waals surface area (Å²) in [4.78, 5) is 13.6. The number of nitrogens with zero attached hydrogens (tertiary/aromatic N) is 6. The Morgan fingerprint density at radius 3 is 2.28 bits per heavy atom. The molecule has 0 aliphatic rings. The SMILES string of the molecule is C/C=S(\Nc1nnc(-c2cccc(OC)n2)n1-c1c(OC)cccc1OC)[C@H](C)[C@@H](OC[C@H](O)CO)c1ncc(C)cn1. The fraction of sp³-hybridized carbons (Fsp3) is 0.379. The lowest BCUT2D eigenvalue weighted by Gasteiger charge is -2.28. The molecule has 13 nitrogen and oxygen atoms in total. The minimum absolute atomic E-state index is 0.0933. The molecule has 3 heterocycles. The number of aliphatic hydroxyl groups excluding tert-OH is 2. The number of pyridine rings is 1. The number of hydrogen-bond donors (Lipinski definition) is 3. The average Bonchev–Trinajstić information content (AvgIpc) is 3.46. The van der Waals surface area contributed by atoms with E-state index in [1.807, 2.05) is 56.5 Å². The average molecular weight is 612 g/mol. The van der Waals surface area contributed by atoms with Gasteiger partial charge in [-0.05, 0) is 49.9 Å². The van der Waals surface area contributed by atoms with Gasteiger partial charge in [0.2, 0.25) is 11.8 Å². The molecule has 0 aliphatic heterocycles. The van der Waals surface area contributed by atoms with Gasteiger partial charge in [-0.2, -0.15) is 0 Å². The maximum Gasteiger partial charge on any atom is 0.239 e. The summed E-state index contributed by atoms with van der Waals surface area (Å²) >= 11 is 0. The molecule has 14 heteroatoms. The molecule has 0 bridgehead atoms. The van der Waals surface area contributed by atoms with Crippen molar-refractivity contribution in [3.63, 3.8) is 0 Å². The van der Waals surface area contributed by atoms with E-state index in [1.165, 1.54) is 0 Å². The van der Waals surface area contributed by atoms with Crippen LogP contribution in [0.4, 0.5) is 5.95 Å². The zero-order valence-corrected chi connectivity index (χ0v) is 25.8. The molecule has 0 radical (unpaired) electrons. The second-order valence-corrected chi connectivity index (χ2v) is 11.5. The smallest absolute Gasteiger partial charge is 0.239 e. The maximum atomic E-state index is 10.0. The van der Waals surface area contributed by atoms with Crippen LogP contribution >= 0.6 is 10.7 Å². The van der Waals surface area contributed by atoms with Crippen molar-refractivity contribution in [1.29, 1.82) is 0 Å². The van der Waals surface area contributed by atoms with Gasteiger partial charge in [0, 0.05) is 23.7 Å². The lowest BCUT2D eigenvalue weighted by molar-refractivity contribution is -0.0317. The Morgan fingerprint density at radius 1 is 1.00 bits per heavy atom. The Morgan fingerprint density at radius 2 is 1.67 bits per heavy atom. The van der Waals surface area contributed by atoms with Gasteiger partial charge in [-0.25, -0.2) is 15.0 Å². The first-order valence-electron chi connectivity index (χ1n) is 13.5. The number of benzene rings is 1. The number of aromatic nitrogens is 6. The molecule has 0 saturated heterocycles. The molecule has 0 aliphatic carbocycles. The van der Waals surface area contributed by atoms with Crippen LogP contribution in [0.3, 0.4) is 0 Å². The number of methoxy groups -OCH3 is 3. The summed E-state index contributed by atoms with van der Waals surface area (Å²) in [6, 6.07) is 10.9. The number of rotatable bonds is 14. The Bertz CT molecular complexity index is 1510. The first-order chi connectivity index (χ1) is 20.8. The molecule has 1 unspecified atom stereocenters. The zero-order valence-electron chi connectivity index (χ0n) is 25.0. The van der Waals surface area contributed by atoms with E-state index in [0.717, 1.165) is 5.56 Å². The van der Waals surface area contributed by atoms with Crippen LogP contribution in [-0.4, -0.2) is 91.2 Å². The van der Waals surface area contributed by atoms with Crippen molar-refractivity contribution in [1.82, 2.24) is 29.7 Å². The predicted molar refractivity (Wildman–Crippen MR) is 165 cm³/mol. The topological polar surface area (TPSA) is 159 Å². The molecule has 4 atom stereocenters. The van der Waals surface area contributed by atoms with Crippen molar-refractivity contribution < 1.29 is 29.2 Å². The number of anilines is 1. The van der Waals surface area contributed by atoms with Crippen molar-refractivity contribution in [3.05, 3.63) is 60.2 Å². The number of ether oxygens (including phenoxy) is 4. The van der Waals surface area contributed by atoms with Crippen LogP contribution in [0.2, 0.25) is 0 Å². The number of hydrogen-bond acceptors (Lipinski definition) is 12. The monoisotopic (exact) mass is 611 g/mol. The van der Waals surface area contributed by atoms with Crippen molar-refractivity contribution >= 4 is 22.0 Å². The standard InChI is InChI=1S/C29H37N7O6S/c1-7-43(19(3)26(42-17-20(38)16-37)27-30-14-18(2)15-31-27)35-29-34-33-28(21-10-8-13-24(32-21)41-6)36(29)25-22(39-4)11-9-12-23(25)40-5/h7-15,19-20,26,37-38H,16-17H2,1-6H3,(H,34,35)/t19-,20-,26-,43?/m1/s1. The molecule has 1 aromatic carbocycles. The van der Waals surface area contributed by atoms with E-state index >= 15 is 0 Å². The minimum atomic E-state index is -1.04. The van der Waals surface area contributed by atoms with E-state index in [1.54, 1.807) is 44.4 Å². The Balaban J connectivity index is 1.81. The molecule has 0 saturated carbocycles. The van der Waals surface area contributed by atoms with Crippen molar-refractivity contribution in [2.45, 2.75) is 38.2 Å². The first-order valence-corrected chi connectivity index (χ1v) is 14.8. The summed E-state index contributed by atoms with van der Waals surface area (Å²) in [5.41, 5.74) is 2.00. The number of aliphatic hydroxyl groups is 2. The lowest BCUT2D eigenvalue weighted by atomic mass is 10.2. The largest absolute Gasteiger partial charge is 0.494 e. The lowest BCUT2D eigenvalue weighted by Crippen LogP contribution is -2.27. The van der Waals surface area contributed by atoms with Gasteiger partial charge in [-0.15, -0.1) is 10.2 Å². The van der Waals surface area contributed by atoms with Crippen molar-refractivity contribution in [2.24, 2.45) is 0 Å². The van der Waals surface area contributed by atoms with Crippen LogP contribution in [0.15, 0.2) is 48.8 Å². The van der Waals surface area contributed by atoms with Crippen LogP contribution in [0, 0.1) is 6.92 Å². The fourth-order valence-electron chi connectivity index (χ4n) is 4.28. The molecule has 4 rings (SSSR count). The van der Waals surface area contributed by atoms with Gasteiger partial charge in [0.15, 0.2) is 11.6 Å². The zero-order chi connectivity index (χ0) is 30.9. The molecular formula is C29H37N7O6S. The highest BCUT2D eigenvalue weighted by Gasteiger charge is 2.29. The highest BCUT2D eigenvalue weighted by molar-refractivity contribution is 8.16. The summed E-state index contributed by atoms with van der Waals surface area (Å²) in [5, 5.41) is 30.2. The van der Waals surface area contributed by atoms with E-state index in [2.05, 4.69) is 29.9 Å². The van der Waals surface area contributed by atoms with Crippen LogP contribution in [-0.2, 0) is 4.74 Å². The van der Waals surface area contributed by atoms with Crippen molar-refractivity contribution in [2.75, 3.05) is 39.3 Å². The molecule has 4 aromatic rings. The van der Waals surface area contributed by atoms with Gasteiger partial charge >= 0.3 is 0 Å². The summed E-state index contributed by atoms with van der Waals surface area (Å²) in [6.07, 6.45) is 1.77. The summed E-state index contributed by atoms with van der Waals surface area (Å²) in [7, 11) is 4.00. The van der Waals surface area contributed by atoms with Gasteiger partial charge in [-0.1, -0.05) is 22.8 Å². The van der Waals surface area contributed by atoms with Gasteiger partial charge in [0.05, 0.1) is 34.5 Å². The molecular weight excluding hydrogens is 574 g/mol. The third kappa shape index (κ3) is 7.28. The Labute approximate surface area is 252 Å². The van der Waals surface area contributed by atoms with Crippen LogP contribution in [0.25, 0.3) is 17.2 Å². The summed E-state index contributed by atoms with van der Waals surface area (Å²) in [6.45, 7) is 5.30. The minimum Gasteiger partial charge on any atom is -0.494 e. The van der Waals surface area contributed by atoms with Gasteiger partial charge in [-0.3, -0.25) is 4.57 Å². The van der Waals surface area contributed by atoms with Gasteiger partial charge in [0.25, 0.3) is 0 Å². The number of nitrogens with one attached hydrogen (secondary N) is 1. The second-order valence-electron chi connectivity index (χ2n) is 9.38. The molecule has 43 heavy (non-hydrogen) atoms. The Kier molecular flexibility index (Phi) is 11.0. The van der Waals surface area contributed by atoms with Crippen LogP contribution in [0.1, 0.15) is 31.3 Å². The van der Waals surface area contributed by atoms with E-state index < -0.39 is 29.5 Å². The van der Waals surface area contributed by atoms with Crippen molar-refractivity contribution in [3.8, 4) is 34.6 Å². The molecule has 3 N–H and O–H groups in total. The highest BCUT2D eigenvalue weighted by Crippen LogP contribution is 2.40. The maximum absolute atomic E-state index is 10.0. The normalized spacial score (nSPS) is 14.1. The van der Waals surface area contributed by atoms with Crippen LogP contribution in [0.5, 0.6) is 17.4 Å². The first kappa shape index (κ1) is 31.8. The number of aryl methyl sites for hydroxylation is 1. The van der Waals surface area contributed by atoms with E-state index in [9.17, 15) is 10.2 Å². The van der Waals surface area contributed by atoms with Gasteiger partial charge < -0.3 is 33.9 Å². The quantitative estimate of drug-likeness (QED) is 0.179. The highest BCUT2D eigenvalue weighted by atomic mass is 32.2. The predicted octanol–water partition coefficient (Wildman–Crippen LogP) is 3.37. The Hall–Kier alpha value is -4.11. The van der Waals surface area contributed by atoms with E-state index in [0.29, 0.717) is 46.4 Å². The van der Waals surface area contributed by atoms with E-state index in [4.69, 9.17) is 18.9 Å². The third-order valence-electron chi connectivity index (χ3n) is 6.47. The third-order valence-corrected chi connectivity index (χ3v) is 8.45. The number of para-hydroxylation sites is 1. The summed E-state index contributed by atoms with van der Waals surface area (Å²) < 4.78 is 28.2. The molecule has 0 fully saturated rings.